The van der Waals surface area contributed by atoms with Gasteiger partial charge in [-0.15, -0.1) is 0 Å². The first-order valence-electron chi connectivity index (χ1n) is 9.29. The molecule has 0 spiro atoms. The number of esters is 2. The summed E-state index contributed by atoms with van der Waals surface area (Å²) in [6, 6.07) is 9.60. The average Bonchev–Trinajstić information content (AvgIpc) is 3.08. The minimum absolute atomic E-state index is 0.00876. The fourth-order valence-electron chi connectivity index (χ4n) is 3.10. The Labute approximate surface area is 199 Å². The van der Waals surface area contributed by atoms with Gasteiger partial charge < -0.3 is 14.5 Å². The maximum Gasteiger partial charge on any atom is 0.341 e. The Hall–Kier alpha value is -2.18. The average molecular weight is 501 g/mol. The van der Waals surface area contributed by atoms with Crippen molar-refractivity contribution in [2.24, 2.45) is 0 Å². The zero-order chi connectivity index (χ0) is 22.7. The molecule has 1 N–H and O–H groups in total. The van der Waals surface area contributed by atoms with E-state index in [0.29, 0.717) is 21.2 Å². The van der Waals surface area contributed by atoms with Crippen molar-refractivity contribution in [2.75, 3.05) is 13.2 Å². The molecule has 0 fully saturated rings. The van der Waals surface area contributed by atoms with Crippen LogP contribution in [0.2, 0.25) is 20.1 Å². The van der Waals surface area contributed by atoms with E-state index >= 15 is 0 Å². The van der Waals surface area contributed by atoms with E-state index in [1.807, 2.05) is 0 Å². The molecule has 0 aliphatic carbocycles. The van der Waals surface area contributed by atoms with Crippen LogP contribution >= 0.6 is 46.4 Å². The Morgan fingerprint density at radius 2 is 1.13 bits per heavy atom. The summed E-state index contributed by atoms with van der Waals surface area (Å²) in [6.45, 7) is 3.55. The van der Waals surface area contributed by atoms with Crippen LogP contribution in [0.4, 0.5) is 0 Å². The molecule has 0 atom stereocenters. The molecule has 0 saturated carbocycles. The fraction of sp³-hybridized carbons (Fsp3) is 0.182. The molecule has 0 bridgehead atoms. The number of H-pyrrole nitrogens is 1. The Morgan fingerprint density at radius 3 is 1.45 bits per heavy atom. The Kier molecular flexibility index (Phi) is 7.55. The summed E-state index contributed by atoms with van der Waals surface area (Å²) in [4.78, 5) is 29.0. The number of halogens is 4. The second kappa shape index (κ2) is 9.96. The summed E-state index contributed by atoms with van der Waals surface area (Å²) in [5.74, 6) is -1.42. The highest BCUT2D eigenvalue weighted by Crippen LogP contribution is 2.40. The molecule has 0 radical (unpaired) electrons. The molecule has 2 aromatic carbocycles. The minimum atomic E-state index is -0.709. The second-order valence-electron chi connectivity index (χ2n) is 6.31. The van der Waals surface area contributed by atoms with E-state index < -0.39 is 11.9 Å². The highest BCUT2D eigenvalue weighted by atomic mass is 35.5. The molecule has 0 aliphatic rings. The van der Waals surface area contributed by atoms with Crippen LogP contribution in [0.15, 0.2) is 36.4 Å². The number of ether oxygens (including phenoxy) is 2. The molecule has 0 unspecified atom stereocenters. The summed E-state index contributed by atoms with van der Waals surface area (Å²) in [5.41, 5.74) is 1.46. The first-order valence-corrected chi connectivity index (χ1v) is 10.8. The van der Waals surface area contributed by atoms with Crippen molar-refractivity contribution in [3.8, 4) is 22.5 Å². The highest BCUT2D eigenvalue weighted by molar-refractivity contribution is 6.37. The van der Waals surface area contributed by atoms with Crippen molar-refractivity contribution < 1.29 is 19.1 Å². The number of benzene rings is 2. The van der Waals surface area contributed by atoms with Crippen molar-refractivity contribution in [1.82, 2.24) is 4.98 Å². The van der Waals surface area contributed by atoms with Gasteiger partial charge in [-0.05, 0) is 50.2 Å². The minimum Gasteiger partial charge on any atom is -0.462 e. The van der Waals surface area contributed by atoms with Crippen molar-refractivity contribution in [3.05, 3.63) is 67.6 Å². The molecular formula is C22H17Cl4NO4. The van der Waals surface area contributed by atoms with Crippen LogP contribution in [-0.2, 0) is 9.47 Å². The van der Waals surface area contributed by atoms with Crippen molar-refractivity contribution in [3.63, 3.8) is 0 Å². The summed E-state index contributed by atoms with van der Waals surface area (Å²) < 4.78 is 10.5. The lowest BCUT2D eigenvalue weighted by Gasteiger charge is -2.09. The van der Waals surface area contributed by atoms with Gasteiger partial charge in [0.1, 0.15) is 11.1 Å². The van der Waals surface area contributed by atoms with E-state index in [9.17, 15) is 9.59 Å². The third-order valence-electron chi connectivity index (χ3n) is 4.36. The van der Waals surface area contributed by atoms with Gasteiger partial charge in [0.2, 0.25) is 0 Å². The van der Waals surface area contributed by atoms with Crippen molar-refractivity contribution in [1.29, 1.82) is 0 Å². The number of rotatable bonds is 6. The molecular weight excluding hydrogens is 484 g/mol. The number of aromatic amines is 1. The third kappa shape index (κ3) is 4.85. The molecule has 3 rings (SSSR count). The van der Waals surface area contributed by atoms with Gasteiger partial charge >= 0.3 is 11.9 Å². The number of hydrogen-bond acceptors (Lipinski definition) is 4. The second-order valence-corrected chi connectivity index (χ2v) is 8.00. The van der Waals surface area contributed by atoms with Crippen molar-refractivity contribution in [2.45, 2.75) is 13.8 Å². The van der Waals surface area contributed by atoms with E-state index in [2.05, 4.69) is 4.98 Å². The Morgan fingerprint density at radius 1 is 0.742 bits per heavy atom. The summed E-state index contributed by atoms with van der Waals surface area (Å²) >= 11 is 24.9. The van der Waals surface area contributed by atoms with Gasteiger partial charge in [0.15, 0.2) is 0 Å². The molecule has 0 aliphatic heterocycles. The van der Waals surface area contributed by atoms with Gasteiger partial charge in [-0.25, -0.2) is 9.59 Å². The van der Waals surface area contributed by atoms with E-state index in [0.717, 1.165) is 0 Å². The van der Waals surface area contributed by atoms with E-state index in [-0.39, 0.29) is 45.8 Å². The molecule has 9 heteroatoms. The van der Waals surface area contributed by atoms with Crippen LogP contribution in [0, 0.1) is 0 Å². The molecule has 3 aromatic rings. The zero-order valence-corrected chi connectivity index (χ0v) is 19.5. The lowest BCUT2D eigenvalue weighted by molar-refractivity contribution is 0.0481. The Bertz CT molecular complexity index is 1070. The fourth-order valence-corrected chi connectivity index (χ4v) is 4.11. The normalized spacial score (nSPS) is 10.8. The molecule has 5 nitrogen and oxygen atoms in total. The summed E-state index contributed by atoms with van der Waals surface area (Å²) in [6.07, 6.45) is 0. The van der Waals surface area contributed by atoms with Gasteiger partial charge in [0.05, 0.1) is 34.6 Å². The summed E-state index contributed by atoms with van der Waals surface area (Å²) in [7, 11) is 0. The Balaban J connectivity index is 2.39. The standard InChI is InChI=1S/C22H17Cl4NO4/c1-3-30-21(28)17-18(22(29)31-4-2)20(14-8-6-12(24)10-16(14)26)27-19(17)13-7-5-11(23)9-15(13)25/h5-10,27H,3-4H2,1-2H3. The first-order chi connectivity index (χ1) is 14.8. The van der Waals surface area contributed by atoms with Gasteiger partial charge in [0, 0.05) is 21.2 Å². The quantitative estimate of drug-likeness (QED) is 0.360. The topological polar surface area (TPSA) is 68.4 Å². The lowest BCUT2D eigenvalue weighted by atomic mass is 10.0. The predicted octanol–water partition coefficient (Wildman–Crippen LogP) is 7.32. The largest absolute Gasteiger partial charge is 0.462 e. The molecule has 0 saturated heterocycles. The van der Waals surface area contributed by atoms with Crippen LogP contribution in [0.25, 0.3) is 22.5 Å². The van der Waals surface area contributed by atoms with Gasteiger partial charge in [0.25, 0.3) is 0 Å². The number of carbonyl (C=O) groups is 2. The van der Waals surface area contributed by atoms with Crippen LogP contribution in [-0.4, -0.2) is 30.1 Å². The van der Waals surface area contributed by atoms with Crippen LogP contribution in [0.1, 0.15) is 34.6 Å². The van der Waals surface area contributed by atoms with E-state index in [4.69, 9.17) is 55.9 Å². The van der Waals surface area contributed by atoms with Gasteiger partial charge in [-0.1, -0.05) is 46.4 Å². The highest BCUT2D eigenvalue weighted by Gasteiger charge is 2.32. The number of aromatic nitrogens is 1. The van der Waals surface area contributed by atoms with Gasteiger partial charge in [-0.3, -0.25) is 0 Å². The first kappa shape index (κ1) is 23.5. The monoisotopic (exact) mass is 499 g/mol. The van der Waals surface area contributed by atoms with E-state index in [1.54, 1.807) is 38.1 Å². The maximum atomic E-state index is 13.0. The number of nitrogens with one attached hydrogen (secondary N) is 1. The number of hydrogen-bond donors (Lipinski definition) is 1. The van der Waals surface area contributed by atoms with Crippen molar-refractivity contribution >= 4 is 58.3 Å². The molecule has 31 heavy (non-hydrogen) atoms. The van der Waals surface area contributed by atoms with E-state index in [1.165, 1.54) is 12.1 Å². The molecule has 162 valence electrons. The predicted molar refractivity (Wildman–Crippen MR) is 124 cm³/mol. The molecule has 1 heterocycles. The smallest absolute Gasteiger partial charge is 0.341 e. The lowest BCUT2D eigenvalue weighted by Crippen LogP contribution is -2.14. The van der Waals surface area contributed by atoms with Gasteiger partial charge in [-0.2, -0.15) is 0 Å². The van der Waals surface area contributed by atoms with Crippen LogP contribution in [0.3, 0.4) is 0 Å². The van der Waals surface area contributed by atoms with Crippen LogP contribution in [0.5, 0.6) is 0 Å². The number of carbonyl (C=O) groups excluding carboxylic acids is 2. The molecule has 1 aromatic heterocycles. The zero-order valence-electron chi connectivity index (χ0n) is 16.5. The third-order valence-corrected chi connectivity index (χ3v) is 5.46. The summed E-state index contributed by atoms with van der Waals surface area (Å²) in [5, 5.41) is 1.40. The van der Waals surface area contributed by atoms with Crippen LogP contribution < -0.4 is 0 Å². The maximum absolute atomic E-state index is 13.0. The molecule has 0 amide bonds. The SMILES string of the molecule is CCOC(=O)c1c(-c2ccc(Cl)cc2Cl)[nH]c(-c2ccc(Cl)cc2Cl)c1C(=O)OCC.